The van der Waals surface area contributed by atoms with Gasteiger partial charge in [0.1, 0.15) is 0 Å². The lowest BCUT2D eigenvalue weighted by Gasteiger charge is -2.23. The quantitative estimate of drug-likeness (QED) is 0.452. The first kappa shape index (κ1) is 22.8. The van der Waals surface area contributed by atoms with Crippen LogP contribution in [0, 0.1) is 10.1 Å². The fraction of sp³-hybridized carbons (Fsp3) is 0.529. The maximum Gasteiger partial charge on any atom is 0.311 e. The molecule has 0 radical (unpaired) electrons. The van der Waals surface area contributed by atoms with Crippen LogP contribution in [0.5, 0.6) is 5.75 Å². The molecule has 2 N–H and O–H groups in total. The second kappa shape index (κ2) is 10.2. The highest BCUT2D eigenvalue weighted by Crippen LogP contribution is 2.40. The molecule has 0 saturated carbocycles. The SMILES string of the molecule is CCN1C(=O)C(N)CCc2c1ccc([N+](=O)[O-])c2OC.CN(C)CC(=O)Cl. The summed E-state index contributed by atoms with van der Waals surface area (Å²) in [6, 6.07) is 2.37. The highest BCUT2D eigenvalue weighted by molar-refractivity contribution is 6.64. The van der Waals surface area contributed by atoms with Gasteiger partial charge in [0.15, 0.2) is 0 Å². The first-order valence-electron chi connectivity index (χ1n) is 8.38. The van der Waals surface area contributed by atoms with Crippen LogP contribution in [0.15, 0.2) is 12.1 Å². The number of methoxy groups -OCH3 is 1. The zero-order valence-electron chi connectivity index (χ0n) is 15.9. The standard InChI is InChI=1S/C13H17N3O4.C4H8ClNO/c1-3-15-10-6-7-11(16(18)19)12(20-2)8(10)4-5-9(14)13(15)17;1-6(2)3-4(5)7/h6-7,9H,3-5,14H2,1-2H3;3H2,1-2H3. The first-order valence-corrected chi connectivity index (χ1v) is 8.76. The van der Waals surface area contributed by atoms with Gasteiger partial charge in [-0.05, 0) is 51.5 Å². The predicted molar refractivity (Wildman–Crippen MR) is 103 cm³/mol. The number of hydrogen-bond donors (Lipinski definition) is 1. The predicted octanol–water partition coefficient (Wildman–Crippen LogP) is 1.54. The summed E-state index contributed by atoms with van der Waals surface area (Å²) in [7, 11) is 4.98. The summed E-state index contributed by atoms with van der Waals surface area (Å²) in [5, 5.41) is 10.7. The van der Waals surface area contributed by atoms with Crippen molar-refractivity contribution < 1.29 is 19.2 Å². The molecule has 0 bridgehead atoms. The van der Waals surface area contributed by atoms with Crippen molar-refractivity contribution in [3.63, 3.8) is 0 Å². The van der Waals surface area contributed by atoms with Gasteiger partial charge in [0, 0.05) is 18.2 Å². The molecule has 9 nitrogen and oxygen atoms in total. The number of carbonyl (C=O) groups excluding carboxylic acids is 2. The number of nitrogens with zero attached hydrogens (tertiary/aromatic N) is 3. The lowest BCUT2D eigenvalue weighted by Crippen LogP contribution is -2.42. The van der Waals surface area contributed by atoms with Gasteiger partial charge in [-0.1, -0.05) is 0 Å². The number of rotatable bonds is 5. The average Bonchev–Trinajstić information content (AvgIpc) is 2.70. The van der Waals surface area contributed by atoms with Crippen LogP contribution >= 0.6 is 11.6 Å². The summed E-state index contributed by atoms with van der Waals surface area (Å²) in [4.78, 5) is 36.0. The van der Waals surface area contributed by atoms with Crippen LogP contribution in [-0.2, 0) is 16.0 Å². The number of carbonyl (C=O) groups is 2. The summed E-state index contributed by atoms with van der Waals surface area (Å²) in [5.74, 6) is 0.0509. The minimum Gasteiger partial charge on any atom is -0.490 e. The molecule has 0 aliphatic carbocycles. The number of nitro benzene ring substituents is 1. The van der Waals surface area contributed by atoms with Crippen LogP contribution in [0.1, 0.15) is 18.9 Å². The van der Waals surface area contributed by atoms with Crippen molar-refractivity contribution in [1.29, 1.82) is 0 Å². The molecule has 0 aromatic heterocycles. The van der Waals surface area contributed by atoms with Gasteiger partial charge >= 0.3 is 5.69 Å². The Morgan fingerprint density at radius 1 is 1.48 bits per heavy atom. The van der Waals surface area contributed by atoms with E-state index in [1.165, 1.54) is 13.2 Å². The van der Waals surface area contributed by atoms with Gasteiger partial charge in [-0.3, -0.25) is 19.7 Å². The topological polar surface area (TPSA) is 119 Å². The first-order chi connectivity index (χ1) is 12.6. The number of likely N-dealkylation sites (N-methyl/N-ethyl adjacent to an activating group) is 2. The van der Waals surface area contributed by atoms with Crippen LogP contribution in [0.4, 0.5) is 11.4 Å². The van der Waals surface area contributed by atoms with E-state index in [2.05, 4.69) is 0 Å². The minimum absolute atomic E-state index is 0.0924. The molecule has 0 fully saturated rings. The fourth-order valence-electron chi connectivity index (χ4n) is 2.79. The number of nitrogens with two attached hydrogens (primary N) is 1. The molecule has 150 valence electrons. The van der Waals surface area contributed by atoms with Gasteiger partial charge in [-0.2, -0.15) is 0 Å². The summed E-state index contributed by atoms with van der Waals surface area (Å²) in [6.45, 7) is 2.62. The van der Waals surface area contributed by atoms with Crippen LogP contribution in [0.2, 0.25) is 0 Å². The summed E-state index contributed by atoms with van der Waals surface area (Å²) >= 11 is 4.99. The van der Waals surface area contributed by atoms with Crippen molar-refractivity contribution in [2.75, 3.05) is 39.2 Å². The van der Waals surface area contributed by atoms with E-state index in [0.717, 1.165) is 0 Å². The van der Waals surface area contributed by atoms with Crippen LogP contribution in [0.25, 0.3) is 0 Å². The van der Waals surface area contributed by atoms with Gasteiger partial charge in [-0.25, -0.2) is 0 Å². The monoisotopic (exact) mass is 400 g/mol. The molecule has 1 heterocycles. The molecule has 1 atom stereocenters. The molecule has 0 saturated heterocycles. The third-order valence-electron chi connectivity index (χ3n) is 3.95. The highest BCUT2D eigenvalue weighted by Gasteiger charge is 2.31. The summed E-state index contributed by atoms with van der Waals surface area (Å²) < 4.78 is 5.20. The third kappa shape index (κ3) is 5.88. The number of benzene rings is 1. The van der Waals surface area contributed by atoms with Crippen molar-refractivity contribution in [2.24, 2.45) is 5.73 Å². The van der Waals surface area contributed by atoms with E-state index in [1.807, 2.05) is 6.92 Å². The fourth-order valence-corrected chi connectivity index (χ4v) is 3.03. The zero-order chi connectivity index (χ0) is 20.7. The zero-order valence-corrected chi connectivity index (χ0v) is 16.7. The van der Waals surface area contributed by atoms with Crippen LogP contribution < -0.4 is 15.4 Å². The van der Waals surface area contributed by atoms with Crippen molar-refractivity contribution >= 4 is 34.1 Å². The molecule has 10 heteroatoms. The third-order valence-corrected chi connectivity index (χ3v) is 4.07. The van der Waals surface area contributed by atoms with Gasteiger partial charge in [0.05, 0.1) is 30.3 Å². The Balaban J connectivity index is 0.000000445. The second-order valence-corrected chi connectivity index (χ2v) is 6.61. The number of halogens is 1. The van der Waals surface area contributed by atoms with Crippen molar-refractivity contribution in [3.8, 4) is 5.75 Å². The lowest BCUT2D eigenvalue weighted by atomic mass is 10.0. The van der Waals surface area contributed by atoms with E-state index in [-0.39, 0.29) is 22.6 Å². The maximum atomic E-state index is 12.2. The Morgan fingerprint density at radius 2 is 2.11 bits per heavy atom. The average molecular weight is 401 g/mol. The van der Waals surface area contributed by atoms with E-state index in [0.29, 0.717) is 37.2 Å². The van der Waals surface area contributed by atoms with Crippen LogP contribution in [-0.4, -0.2) is 61.3 Å². The number of nitro groups is 1. The molecule has 1 aromatic carbocycles. The highest BCUT2D eigenvalue weighted by atomic mass is 35.5. The molecular formula is C17H25ClN4O5. The van der Waals surface area contributed by atoms with Crippen molar-refractivity contribution in [3.05, 3.63) is 27.8 Å². The summed E-state index contributed by atoms with van der Waals surface area (Å²) in [5.41, 5.74) is 7.07. The van der Waals surface area contributed by atoms with Gasteiger partial charge in [-0.15, -0.1) is 0 Å². The van der Waals surface area contributed by atoms with E-state index in [4.69, 9.17) is 22.1 Å². The van der Waals surface area contributed by atoms with E-state index >= 15 is 0 Å². The Kier molecular flexibility index (Phi) is 8.61. The Bertz CT molecular complexity index is 711. The Hall–Kier alpha value is -2.23. The van der Waals surface area contributed by atoms with Crippen molar-refractivity contribution in [1.82, 2.24) is 4.90 Å². The number of anilines is 1. The Morgan fingerprint density at radius 3 is 2.52 bits per heavy atom. The molecule has 27 heavy (non-hydrogen) atoms. The molecule has 1 aliphatic rings. The molecule has 1 aromatic rings. The summed E-state index contributed by atoms with van der Waals surface area (Å²) in [6.07, 6.45) is 0.920. The van der Waals surface area contributed by atoms with Gasteiger partial charge in [0.2, 0.25) is 16.9 Å². The second-order valence-electron chi connectivity index (χ2n) is 6.19. The molecule has 1 amide bonds. The Labute approximate surface area is 163 Å². The molecule has 1 aliphatic heterocycles. The van der Waals surface area contributed by atoms with E-state index < -0.39 is 11.0 Å². The number of ether oxygens (including phenoxy) is 1. The molecule has 1 unspecified atom stereocenters. The van der Waals surface area contributed by atoms with Crippen LogP contribution in [0.3, 0.4) is 0 Å². The lowest BCUT2D eigenvalue weighted by molar-refractivity contribution is -0.385. The van der Waals surface area contributed by atoms with Gasteiger partial charge < -0.3 is 20.3 Å². The molecule has 0 spiro atoms. The van der Waals surface area contributed by atoms with E-state index in [9.17, 15) is 19.7 Å². The normalized spacial score (nSPS) is 16.2. The number of amides is 1. The van der Waals surface area contributed by atoms with Crippen molar-refractivity contribution in [2.45, 2.75) is 25.8 Å². The number of fused-ring (bicyclic) bond motifs is 1. The van der Waals surface area contributed by atoms with E-state index in [1.54, 1.807) is 30.0 Å². The maximum absolute atomic E-state index is 12.2. The molecule has 2 rings (SSSR count). The molecular weight excluding hydrogens is 376 g/mol. The largest absolute Gasteiger partial charge is 0.490 e. The van der Waals surface area contributed by atoms with Gasteiger partial charge in [0.25, 0.3) is 0 Å². The minimum atomic E-state index is -0.592. The smallest absolute Gasteiger partial charge is 0.311 e. The number of hydrogen-bond acceptors (Lipinski definition) is 7.